The van der Waals surface area contributed by atoms with Gasteiger partial charge in [-0.25, -0.2) is 0 Å². The normalized spacial score (nSPS) is 16.5. The summed E-state index contributed by atoms with van der Waals surface area (Å²) in [5, 5.41) is 11.6. The van der Waals surface area contributed by atoms with Crippen molar-refractivity contribution in [2.45, 2.75) is 51.1 Å². The van der Waals surface area contributed by atoms with E-state index in [9.17, 15) is 4.79 Å². The Morgan fingerprint density at radius 2 is 1.82 bits per heavy atom. The van der Waals surface area contributed by atoms with Crippen LogP contribution < -0.4 is 0 Å². The number of aliphatic carboxylic acids is 1. The van der Waals surface area contributed by atoms with Gasteiger partial charge < -0.3 is 5.11 Å². The Hall–Kier alpha value is -2.21. The van der Waals surface area contributed by atoms with Gasteiger partial charge >= 0.3 is 5.97 Å². The second-order valence-electron chi connectivity index (χ2n) is 9.44. The highest BCUT2D eigenvalue weighted by Gasteiger charge is 2.27. The molecule has 4 rings (SSSR count). The minimum Gasteiger partial charge on any atom is -0.481 e. The third-order valence-electron chi connectivity index (χ3n) is 6.94. The molecule has 34 heavy (non-hydrogen) atoms. The lowest BCUT2D eigenvalue weighted by molar-refractivity contribution is -0.137. The number of benzene rings is 3. The molecule has 1 aliphatic heterocycles. The molecule has 0 aromatic heterocycles. The molecule has 0 aliphatic carbocycles. The van der Waals surface area contributed by atoms with Crippen LogP contribution in [0.4, 0.5) is 0 Å². The van der Waals surface area contributed by atoms with E-state index in [-0.39, 0.29) is 6.42 Å². The molecule has 0 saturated carbocycles. The van der Waals surface area contributed by atoms with Crippen LogP contribution in [0.2, 0.25) is 0 Å². The number of rotatable bonds is 12. The number of carboxylic acid groups (broad SMARTS) is 1. The molecule has 1 heterocycles. The van der Waals surface area contributed by atoms with E-state index in [1.165, 1.54) is 28.3 Å². The summed E-state index contributed by atoms with van der Waals surface area (Å²) in [7, 11) is 0. The maximum absolute atomic E-state index is 10.9. The van der Waals surface area contributed by atoms with E-state index in [4.69, 9.17) is 5.11 Å². The topological polar surface area (TPSA) is 43.8 Å². The van der Waals surface area contributed by atoms with E-state index in [1.807, 2.05) is 0 Å². The zero-order valence-electron chi connectivity index (χ0n) is 19.8. The zero-order valence-corrected chi connectivity index (χ0v) is 21.4. The SMILES string of the molecule is O=C(O)CCCCCN(CCc1cccc2ccccc12)C1CCN(Cc2cccc(Br)c2)C1. The Kier molecular flexibility index (Phi) is 9.14. The number of halogens is 1. The summed E-state index contributed by atoms with van der Waals surface area (Å²) in [6.45, 7) is 5.30. The standard InChI is InChI=1S/C29H35BrN2O2/c30-26-12-6-8-23(20-26)21-31-18-16-27(22-31)32(17-5-1-2-14-29(33)34)19-15-25-11-7-10-24-9-3-4-13-28(24)25/h3-4,6-13,20,27H,1-2,5,14-19,21-22H2,(H,33,34). The summed E-state index contributed by atoms with van der Waals surface area (Å²) in [6, 6.07) is 24.5. The van der Waals surface area contributed by atoms with Gasteiger partial charge in [0.25, 0.3) is 0 Å². The van der Waals surface area contributed by atoms with Gasteiger partial charge in [0.05, 0.1) is 0 Å². The molecule has 0 spiro atoms. The van der Waals surface area contributed by atoms with E-state index >= 15 is 0 Å². The molecule has 3 aromatic carbocycles. The van der Waals surface area contributed by atoms with Gasteiger partial charge in [-0.15, -0.1) is 0 Å². The van der Waals surface area contributed by atoms with Crippen molar-refractivity contribution >= 4 is 32.7 Å². The monoisotopic (exact) mass is 522 g/mol. The van der Waals surface area contributed by atoms with Gasteiger partial charge in [-0.1, -0.05) is 76.9 Å². The van der Waals surface area contributed by atoms with Crippen molar-refractivity contribution < 1.29 is 9.90 Å². The van der Waals surface area contributed by atoms with Crippen LogP contribution in [0.5, 0.6) is 0 Å². The van der Waals surface area contributed by atoms with Gasteiger partial charge in [-0.3, -0.25) is 14.6 Å². The summed E-state index contributed by atoms with van der Waals surface area (Å²) < 4.78 is 1.14. The number of hydrogen-bond acceptors (Lipinski definition) is 3. The maximum Gasteiger partial charge on any atom is 0.303 e. The summed E-state index contributed by atoms with van der Waals surface area (Å²) in [5.74, 6) is -0.688. The van der Waals surface area contributed by atoms with Crippen LogP contribution in [0, 0.1) is 0 Å². The molecule has 1 N–H and O–H groups in total. The lowest BCUT2D eigenvalue weighted by Crippen LogP contribution is -2.39. The predicted octanol–water partition coefficient (Wildman–Crippen LogP) is 6.37. The zero-order chi connectivity index (χ0) is 23.8. The Morgan fingerprint density at radius 1 is 1.00 bits per heavy atom. The molecule has 4 nitrogen and oxygen atoms in total. The molecular formula is C29H35BrN2O2. The number of carbonyl (C=O) groups is 1. The average molecular weight is 524 g/mol. The molecule has 5 heteroatoms. The highest BCUT2D eigenvalue weighted by atomic mass is 79.9. The van der Waals surface area contributed by atoms with Crippen LogP contribution >= 0.6 is 15.9 Å². The molecule has 1 atom stereocenters. The Bertz CT molecular complexity index is 1080. The summed E-state index contributed by atoms with van der Waals surface area (Å²) in [5.41, 5.74) is 2.77. The van der Waals surface area contributed by atoms with Crippen LogP contribution in [0.3, 0.4) is 0 Å². The first-order valence-electron chi connectivity index (χ1n) is 12.5. The number of nitrogens with zero attached hydrogens (tertiary/aromatic N) is 2. The highest BCUT2D eigenvalue weighted by molar-refractivity contribution is 9.10. The second kappa shape index (κ2) is 12.5. The fourth-order valence-corrected chi connectivity index (χ4v) is 5.61. The van der Waals surface area contributed by atoms with Crippen LogP contribution in [0.15, 0.2) is 71.2 Å². The molecule has 180 valence electrons. The molecule has 1 aliphatic rings. The molecular weight excluding hydrogens is 488 g/mol. The molecule has 0 amide bonds. The smallest absolute Gasteiger partial charge is 0.303 e. The number of fused-ring (bicyclic) bond motifs is 1. The molecule has 0 bridgehead atoms. The van der Waals surface area contributed by atoms with Crippen molar-refractivity contribution in [2.24, 2.45) is 0 Å². The highest BCUT2D eigenvalue weighted by Crippen LogP contribution is 2.23. The third kappa shape index (κ3) is 7.14. The van der Waals surface area contributed by atoms with E-state index < -0.39 is 5.97 Å². The van der Waals surface area contributed by atoms with Crippen LogP contribution in [-0.4, -0.2) is 53.1 Å². The van der Waals surface area contributed by atoms with Crippen molar-refractivity contribution in [3.8, 4) is 0 Å². The molecule has 1 unspecified atom stereocenters. The lowest BCUT2D eigenvalue weighted by atomic mass is 10.0. The molecule has 1 fully saturated rings. The Labute approximate surface area is 211 Å². The maximum atomic E-state index is 10.9. The van der Waals surface area contributed by atoms with Gasteiger partial charge in [0, 0.05) is 43.1 Å². The fraction of sp³-hybridized carbons (Fsp3) is 0.414. The van der Waals surface area contributed by atoms with Gasteiger partial charge in [-0.05, 0) is 66.3 Å². The lowest BCUT2D eigenvalue weighted by Gasteiger charge is -2.29. The largest absolute Gasteiger partial charge is 0.481 e. The van der Waals surface area contributed by atoms with Gasteiger partial charge in [0.15, 0.2) is 0 Å². The fourth-order valence-electron chi connectivity index (χ4n) is 5.17. The summed E-state index contributed by atoms with van der Waals surface area (Å²) in [6.07, 6.45) is 5.32. The van der Waals surface area contributed by atoms with Gasteiger partial charge in [-0.2, -0.15) is 0 Å². The van der Waals surface area contributed by atoms with E-state index in [0.29, 0.717) is 6.04 Å². The minimum absolute atomic E-state index is 0.278. The first-order valence-corrected chi connectivity index (χ1v) is 13.3. The second-order valence-corrected chi connectivity index (χ2v) is 10.4. The van der Waals surface area contributed by atoms with Crippen LogP contribution in [-0.2, 0) is 17.8 Å². The predicted molar refractivity (Wildman–Crippen MR) is 143 cm³/mol. The number of hydrogen-bond donors (Lipinski definition) is 1. The van der Waals surface area contributed by atoms with Gasteiger partial charge in [0.2, 0.25) is 0 Å². The molecule has 0 radical (unpaired) electrons. The van der Waals surface area contributed by atoms with Gasteiger partial charge in [0.1, 0.15) is 0 Å². The number of unbranched alkanes of at least 4 members (excludes halogenated alkanes) is 2. The molecule has 1 saturated heterocycles. The van der Waals surface area contributed by atoms with Crippen molar-refractivity contribution in [1.29, 1.82) is 0 Å². The van der Waals surface area contributed by atoms with Crippen molar-refractivity contribution in [2.75, 3.05) is 26.2 Å². The number of carboxylic acids is 1. The van der Waals surface area contributed by atoms with E-state index in [0.717, 1.165) is 62.9 Å². The first-order chi connectivity index (χ1) is 16.6. The average Bonchev–Trinajstić information content (AvgIpc) is 3.29. The Balaban J connectivity index is 1.38. The van der Waals surface area contributed by atoms with Crippen LogP contribution in [0.1, 0.15) is 43.2 Å². The summed E-state index contributed by atoms with van der Waals surface area (Å²) >= 11 is 3.59. The molecule has 3 aromatic rings. The van der Waals surface area contributed by atoms with Crippen molar-refractivity contribution in [3.63, 3.8) is 0 Å². The van der Waals surface area contributed by atoms with E-state index in [2.05, 4.69) is 92.5 Å². The van der Waals surface area contributed by atoms with Crippen molar-refractivity contribution in [1.82, 2.24) is 9.80 Å². The third-order valence-corrected chi connectivity index (χ3v) is 7.44. The first kappa shape index (κ1) is 24.9. The Morgan fingerprint density at radius 3 is 2.68 bits per heavy atom. The summed E-state index contributed by atoms with van der Waals surface area (Å²) in [4.78, 5) is 16.1. The van der Waals surface area contributed by atoms with Crippen LogP contribution in [0.25, 0.3) is 10.8 Å². The quantitative estimate of drug-likeness (QED) is 0.281. The van der Waals surface area contributed by atoms with E-state index in [1.54, 1.807) is 0 Å². The number of likely N-dealkylation sites (tertiary alicyclic amines) is 1. The minimum atomic E-state index is -0.688. The van der Waals surface area contributed by atoms with Crippen molar-refractivity contribution in [3.05, 3.63) is 82.3 Å².